The van der Waals surface area contributed by atoms with Crippen LogP contribution in [0.4, 0.5) is 0 Å². The first-order valence-corrected chi connectivity index (χ1v) is 15.6. The largest absolute Gasteiger partial charge is 0.339 e. The van der Waals surface area contributed by atoms with Crippen molar-refractivity contribution >= 4 is 60.5 Å². The van der Waals surface area contributed by atoms with E-state index in [1.54, 1.807) is 15.2 Å². The van der Waals surface area contributed by atoms with E-state index in [1.807, 2.05) is 51.1 Å². The van der Waals surface area contributed by atoms with Crippen molar-refractivity contribution in [1.82, 2.24) is 19.8 Å². The van der Waals surface area contributed by atoms with Crippen molar-refractivity contribution in [2.45, 2.75) is 50.2 Å². The molecule has 1 aromatic carbocycles. The third-order valence-electron chi connectivity index (χ3n) is 7.10. The maximum absolute atomic E-state index is 13.7. The average Bonchev–Trinajstić information content (AvgIpc) is 3.67. The summed E-state index contributed by atoms with van der Waals surface area (Å²) in [7, 11) is -3.74. The van der Waals surface area contributed by atoms with Gasteiger partial charge in [0.1, 0.15) is 6.04 Å². The Kier molecular flexibility index (Phi) is 7.10. The number of rotatable bonds is 7. The second-order valence-electron chi connectivity index (χ2n) is 10.8. The number of nitrogens with zero attached hydrogens (tertiary/aromatic N) is 2. The van der Waals surface area contributed by atoms with Gasteiger partial charge in [0.2, 0.25) is 21.8 Å². The molecule has 0 radical (unpaired) electrons. The lowest BCUT2D eigenvalue weighted by Gasteiger charge is -2.39. The quantitative estimate of drug-likeness (QED) is 0.450. The number of nitrogens with one attached hydrogen (secondary N) is 2. The molecular weight excluding hydrogens is 545 g/mol. The maximum Gasteiger partial charge on any atom is 0.262 e. The van der Waals surface area contributed by atoms with Crippen LogP contribution < -0.4 is 10.0 Å². The SMILES string of the molecule is CC(C)(C)C(NC(=O)c1cc2ccccc2s1)C(=O)N1C[C@@H]2C[C@H]1CN2C(=O)CNS(=O)(=O)c1ccsc1. The first kappa shape index (κ1) is 26.8. The van der Waals surface area contributed by atoms with Crippen molar-refractivity contribution in [3.8, 4) is 0 Å². The van der Waals surface area contributed by atoms with Crippen molar-refractivity contribution in [1.29, 1.82) is 0 Å². The number of piperazine rings is 1. The third kappa shape index (κ3) is 5.22. The molecule has 3 aromatic rings. The standard InChI is InChI=1S/C26H30N4O5S3/c1-26(2,3)23(28-24(32)21-10-16-6-4-5-7-20(16)37-21)25(33)30-14-17-11-18(30)13-29(17)22(31)12-27-38(34,35)19-8-9-36-15-19/h4-10,15,17-18,23,27H,11-14H2,1-3H3,(H,28,32)/t17-,18-,23?/m0/s1. The highest BCUT2D eigenvalue weighted by Crippen LogP contribution is 2.34. The Morgan fingerprint density at radius 2 is 1.79 bits per heavy atom. The molecule has 4 heterocycles. The molecule has 2 N–H and O–H groups in total. The number of carbonyl (C=O) groups excluding carboxylic acids is 3. The van der Waals surface area contributed by atoms with Crippen LogP contribution in [0.3, 0.4) is 0 Å². The second kappa shape index (κ2) is 10.1. The molecule has 202 valence electrons. The minimum atomic E-state index is -3.74. The van der Waals surface area contributed by atoms with Gasteiger partial charge in [-0.1, -0.05) is 39.0 Å². The Morgan fingerprint density at radius 1 is 1.08 bits per heavy atom. The van der Waals surface area contributed by atoms with Crippen LogP contribution in [0.1, 0.15) is 36.9 Å². The molecule has 5 rings (SSSR count). The number of thiophene rings is 2. The van der Waals surface area contributed by atoms with E-state index in [1.165, 1.54) is 34.1 Å². The molecule has 2 bridgehead atoms. The first-order valence-electron chi connectivity index (χ1n) is 12.4. The number of sulfonamides is 1. The fraction of sp³-hybridized carbons (Fsp3) is 0.423. The monoisotopic (exact) mass is 574 g/mol. The lowest BCUT2D eigenvalue weighted by molar-refractivity contribution is -0.142. The van der Waals surface area contributed by atoms with Crippen LogP contribution in [0.25, 0.3) is 10.1 Å². The summed E-state index contributed by atoms with van der Waals surface area (Å²) in [5.74, 6) is -0.753. The molecule has 2 saturated heterocycles. The van der Waals surface area contributed by atoms with Crippen LogP contribution in [0.15, 0.2) is 52.1 Å². The van der Waals surface area contributed by atoms with Crippen molar-refractivity contribution in [3.63, 3.8) is 0 Å². The Bertz CT molecular complexity index is 1440. The van der Waals surface area contributed by atoms with E-state index in [2.05, 4.69) is 10.0 Å². The van der Waals surface area contributed by atoms with Crippen molar-refractivity contribution in [3.05, 3.63) is 52.0 Å². The summed E-state index contributed by atoms with van der Waals surface area (Å²) >= 11 is 2.66. The predicted octanol–water partition coefficient (Wildman–Crippen LogP) is 2.90. The molecule has 1 unspecified atom stereocenters. The zero-order valence-electron chi connectivity index (χ0n) is 21.3. The average molecular weight is 575 g/mol. The first-order chi connectivity index (χ1) is 17.9. The molecule has 3 amide bonds. The molecule has 9 nitrogen and oxygen atoms in total. The van der Waals surface area contributed by atoms with Gasteiger partial charge in [0.25, 0.3) is 5.91 Å². The van der Waals surface area contributed by atoms with E-state index in [-0.39, 0.29) is 41.2 Å². The number of hydrogen-bond donors (Lipinski definition) is 2. The minimum Gasteiger partial charge on any atom is -0.339 e. The van der Waals surface area contributed by atoms with Gasteiger partial charge in [0, 0.05) is 23.2 Å². The fourth-order valence-corrected chi connectivity index (χ4v) is 8.07. The van der Waals surface area contributed by atoms with Gasteiger partial charge < -0.3 is 15.1 Å². The normalized spacial score (nSPS) is 20.2. The summed E-state index contributed by atoms with van der Waals surface area (Å²) in [5, 5.41) is 7.14. The maximum atomic E-state index is 13.7. The topological polar surface area (TPSA) is 116 Å². The Balaban J connectivity index is 1.22. The summed E-state index contributed by atoms with van der Waals surface area (Å²) < 4.78 is 28.1. The van der Waals surface area contributed by atoms with Crippen molar-refractivity contribution in [2.75, 3.05) is 19.6 Å². The van der Waals surface area contributed by atoms with Gasteiger partial charge in [-0.2, -0.15) is 11.3 Å². The van der Waals surface area contributed by atoms with Crippen LogP contribution in [0, 0.1) is 5.41 Å². The molecule has 0 aliphatic carbocycles. The van der Waals surface area contributed by atoms with E-state index in [0.29, 0.717) is 24.4 Å². The van der Waals surface area contributed by atoms with Gasteiger partial charge in [-0.25, -0.2) is 13.1 Å². The van der Waals surface area contributed by atoms with E-state index in [9.17, 15) is 22.8 Å². The molecule has 2 aromatic heterocycles. The van der Waals surface area contributed by atoms with Crippen LogP contribution in [0.5, 0.6) is 0 Å². The number of likely N-dealkylation sites (tertiary alicyclic amines) is 2. The number of carbonyl (C=O) groups is 3. The zero-order chi connectivity index (χ0) is 27.2. The van der Waals surface area contributed by atoms with Crippen LogP contribution >= 0.6 is 22.7 Å². The lowest BCUT2D eigenvalue weighted by atomic mass is 9.85. The zero-order valence-corrected chi connectivity index (χ0v) is 23.8. The Hall–Kier alpha value is -2.80. The van der Waals surface area contributed by atoms with E-state index in [0.717, 1.165) is 10.1 Å². The summed E-state index contributed by atoms with van der Waals surface area (Å²) in [4.78, 5) is 43.8. The molecule has 3 atom stereocenters. The number of amides is 3. The van der Waals surface area contributed by atoms with Gasteiger partial charge in [-0.3, -0.25) is 14.4 Å². The fourth-order valence-electron chi connectivity index (χ4n) is 5.10. The summed E-state index contributed by atoms with van der Waals surface area (Å²) in [6.45, 7) is 6.14. The van der Waals surface area contributed by atoms with Crippen LogP contribution in [-0.4, -0.2) is 73.7 Å². The number of fused-ring (bicyclic) bond motifs is 3. The van der Waals surface area contributed by atoms with Crippen LogP contribution in [0.2, 0.25) is 0 Å². The highest BCUT2D eigenvalue weighted by molar-refractivity contribution is 7.89. The molecule has 2 fully saturated rings. The second-order valence-corrected chi connectivity index (χ2v) is 14.4. The van der Waals surface area contributed by atoms with Gasteiger partial charge in [-0.15, -0.1) is 11.3 Å². The number of hydrogen-bond acceptors (Lipinski definition) is 7. The molecule has 2 aliphatic rings. The van der Waals surface area contributed by atoms with Crippen molar-refractivity contribution < 1.29 is 22.8 Å². The van der Waals surface area contributed by atoms with Gasteiger partial charge >= 0.3 is 0 Å². The molecule has 0 saturated carbocycles. The van der Waals surface area contributed by atoms with E-state index < -0.39 is 21.5 Å². The molecule has 2 aliphatic heterocycles. The molecule has 0 spiro atoms. The van der Waals surface area contributed by atoms with Crippen LogP contribution in [-0.2, 0) is 19.6 Å². The predicted molar refractivity (Wildman–Crippen MR) is 148 cm³/mol. The highest BCUT2D eigenvalue weighted by atomic mass is 32.2. The number of benzene rings is 1. The van der Waals surface area contributed by atoms with E-state index >= 15 is 0 Å². The molecule has 12 heteroatoms. The lowest BCUT2D eigenvalue weighted by Crippen LogP contribution is -2.59. The third-order valence-corrected chi connectivity index (χ3v) is 10.4. The van der Waals surface area contributed by atoms with Crippen molar-refractivity contribution in [2.24, 2.45) is 5.41 Å². The summed E-state index contributed by atoms with van der Waals surface area (Å²) in [6, 6.07) is 10.0. The summed E-state index contributed by atoms with van der Waals surface area (Å²) in [5.41, 5.74) is -0.527. The Labute approximate surface area is 229 Å². The Morgan fingerprint density at radius 3 is 2.42 bits per heavy atom. The minimum absolute atomic E-state index is 0.140. The highest BCUT2D eigenvalue weighted by Gasteiger charge is 2.49. The van der Waals surface area contributed by atoms with Gasteiger partial charge in [0.15, 0.2) is 0 Å². The molecule has 38 heavy (non-hydrogen) atoms. The van der Waals surface area contributed by atoms with E-state index in [4.69, 9.17) is 0 Å². The molecular formula is C26H30N4O5S3. The van der Waals surface area contributed by atoms with Gasteiger partial charge in [0.05, 0.1) is 28.4 Å². The summed E-state index contributed by atoms with van der Waals surface area (Å²) in [6.07, 6.45) is 0.635. The van der Waals surface area contributed by atoms with Gasteiger partial charge in [-0.05, 0) is 40.8 Å². The smallest absolute Gasteiger partial charge is 0.262 e.